The molecule has 2 aliphatic rings. The van der Waals surface area contributed by atoms with Gasteiger partial charge in [-0.05, 0) is 25.7 Å². The van der Waals surface area contributed by atoms with E-state index in [0.717, 1.165) is 38.8 Å². The van der Waals surface area contributed by atoms with E-state index in [1.54, 1.807) is 0 Å². The highest BCUT2D eigenvalue weighted by atomic mass is 16.5. The number of carbonyl (C=O) groups is 1. The first kappa shape index (κ1) is 13.8. The molecule has 2 heterocycles. The zero-order valence-corrected chi connectivity index (χ0v) is 10.8. The largest absolute Gasteiger partial charge is 0.394 e. The molecule has 2 rings (SSSR count). The Morgan fingerprint density at radius 2 is 1.89 bits per heavy atom. The highest BCUT2D eigenvalue weighted by molar-refractivity contribution is 5.79. The van der Waals surface area contributed by atoms with Crippen LogP contribution in [0.3, 0.4) is 0 Å². The van der Waals surface area contributed by atoms with Gasteiger partial charge in [-0.1, -0.05) is 0 Å². The van der Waals surface area contributed by atoms with E-state index in [2.05, 4.69) is 0 Å². The van der Waals surface area contributed by atoms with Gasteiger partial charge in [0.15, 0.2) is 0 Å². The average molecular weight is 257 g/mol. The van der Waals surface area contributed by atoms with Gasteiger partial charge >= 0.3 is 0 Å². The summed E-state index contributed by atoms with van der Waals surface area (Å²) in [7, 11) is 0. The van der Waals surface area contributed by atoms with Crippen LogP contribution in [0.1, 0.15) is 25.7 Å². The number of nitrogens with zero attached hydrogens (tertiary/aromatic N) is 1. The molecule has 0 bridgehead atoms. The molecule has 0 saturated carbocycles. The van der Waals surface area contributed by atoms with Crippen molar-refractivity contribution in [3.05, 3.63) is 0 Å². The third-order valence-corrected chi connectivity index (χ3v) is 3.77. The topological polar surface area (TPSA) is 59.0 Å². The molecule has 0 aliphatic carbocycles. The summed E-state index contributed by atoms with van der Waals surface area (Å²) in [6.07, 6.45) is 3.69. The van der Waals surface area contributed by atoms with Crippen LogP contribution in [0.15, 0.2) is 0 Å². The lowest BCUT2D eigenvalue weighted by Crippen LogP contribution is -2.44. The number of amides is 1. The first-order valence-electron chi connectivity index (χ1n) is 6.90. The smallest absolute Gasteiger partial charge is 0.225 e. The van der Waals surface area contributed by atoms with Crippen molar-refractivity contribution in [1.82, 2.24) is 4.90 Å². The summed E-state index contributed by atoms with van der Waals surface area (Å²) in [6, 6.07) is 0. The fourth-order valence-electron chi connectivity index (χ4n) is 2.66. The number of aliphatic hydroxyl groups excluding tert-OH is 1. The maximum absolute atomic E-state index is 12.3. The zero-order valence-electron chi connectivity index (χ0n) is 10.8. The average Bonchev–Trinajstić information content (AvgIpc) is 2.46. The molecule has 0 unspecified atom stereocenters. The van der Waals surface area contributed by atoms with Crippen LogP contribution < -0.4 is 0 Å². The summed E-state index contributed by atoms with van der Waals surface area (Å²) in [5.74, 6) is 0.451. The number of hydrogen-bond acceptors (Lipinski definition) is 4. The maximum atomic E-state index is 12.3. The van der Waals surface area contributed by atoms with E-state index >= 15 is 0 Å². The van der Waals surface area contributed by atoms with Crippen LogP contribution in [-0.2, 0) is 14.3 Å². The molecule has 0 aromatic carbocycles. The van der Waals surface area contributed by atoms with Crippen molar-refractivity contribution in [2.45, 2.75) is 31.8 Å². The molecule has 18 heavy (non-hydrogen) atoms. The molecular formula is C13H23NO4. The van der Waals surface area contributed by atoms with Crippen LogP contribution >= 0.6 is 0 Å². The Balaban J connectivity index is 1.73. The van der Waals surface area contributed by atoms with Crippen molar-refractivity contribution < 1.29 is 19.4 Å². The molecule has 2 fully saturated rings. The van der Waals surface area contributed by atoms with Crippen LogP contribution in [0.2, 0.25) is 0 Å². The number of likely N-dealkylation sites (tertiary alicyclic amines) is 1. The predicted molar refractivity (Wildman–Crippen MR) is 66.2 cm³/mol. The van der Waals surface area contributed by atoms with Crippen molar-refractivity contribution in [3.63, 3.8) is 0 Å². The standard InChI is InChI=1S/C13H23NO4/c15-7-10-18-12-1-5-14(6-2-12)13(16)11-3-8-17-9-4-11/h11-12,15H,1-10H2. The summed E-state index contributed by atoms with van der Waals surface area (Å²) in [6.45, 7) is 3.47. The van der Waals surface area contributed by atoms with E-state index in [-0.39, 0.29) is 18.6 Å². The first-order chi connectivity index (χ1) is 8.81. The number of ether oxygens (including phenoxy) is 2. The van der Waals surface area contributed by atoms with Crippen LogP contribution in [0.4, 0.5) is 0 Å². The number of piperidine rings is 1. The third-order valence-electron chi connectivity index (χ3n) is 3.77. The quantitative estimate of drug-likeness (QED) is 0.792. The van der Waals surface area contributed by atoms with Gasteiger partial charge in [-0.15, -0.1) is 0 Å². The summed E-state index contributed by atoms with van der Waals surface area (Å²) >= 11 is 0. The molecule has 5 nitrogen and oxygen atoms in total. The van der Waals surface area contributed by atoms with Crippen LogP contribution in [0.25, 0.3) is 0 Å². The van der Waals surface area contributed by atoms with Crippen molar-refractivity contribution in [3.8, 4) is 0 Å². The van der Waals surface area contributed by atoms with Gasteiger partial charge in [0, 0.05) is 32.2 Å². The summed E-state index contributed by atoms with van der Waals surface area (Å²) in [5, 5.41) is 8.71. The molecule has 1 amide bonds. The number of carbonyl (C=O) groups excluding carboxylic acids is 1. The molecule has 0 aromatic heterocycles. The monoisotopic (exact) mass is 257 g/mol. The molecule has 2 saturated heterocycles. The number of hydrogen-bond donors (Lipinski definition) is 1. The molecule has 5 heteroatoms. The zero-order chi connectivity index (χ0) is 12.8. The molecule has 1 N–H and O–H groups in total. The Morgan fingerprint density at radius 3 is 2.50 bits per heavy atom. The van der Waals surface area contributed by atoms with Crippen LogP contribution in [0, 0.1) is 5.92 Å². The fraction of sp³-hybridized carbons (Fsp3) is 0.923. The predicted octanol–water partition coefficient (Wildman–Crippen LogP) is 0.413. The Hall–Kier alpha value is -0.650. The Kier molecular flexibility index (Phi) is 5.41. The molecule has 2 aliphatic heterocycles. The molecular weight excluding hydrogens is 234 g/mol. The summed E-state index contributed by atoms with van der Waals surface area (Å²) in [4.78, 5) is 14.2. The minimum absolute atomic E-state index is 0.0707. The van der Waals surface area contributed by atoms with Gasteiger partial charge < -0.3 is 19.5 Å². The van der Waals surface area contributed by atoms with Crippen molar-refractivity contribution in [2.24, 2.45) is 5.92 Å². The second-order valence-corrected chi connectivity index (χ2v) is 5.01. The van der Waals surface area contributed by atoms with Gasteiger partial charge in [0.2, 0.25) is 5.91 Å². The molecule has 0 radical (unpaired) electrons. The van der Waals surface area contributed by atoms with Crippen LogP contribution in [-0.4, -0.2) is 61.5 Å². The van der Waals surface area contributed by atoms with E-state index < -0.39 is 0 Å². The van der Waals surface area contributed by atoms with E-state index in [4.69, 9.17) is 14.6 Å². The lowest BCUT2D eigenvalue weighted by Gasteiger charge is -2.35. The second-order valence-electron chi connectivity index (χ2n) is 5.01. The molecule has 0 atom stereocenters. The minimum Gasteiger partial charge on any atom is -0.394 e. The lowest BCUT2D eigenvalue weighted by molar-refractivity contribution is -0.141. The fourth-order valence-corrected chi connectivity index (χ4v) is 2.66. The third kappa shape index (κ3) is 3.67. The first-order valence-corrected chi connectivity index (χ1v) is 6.90. The van der Waals surface area contributed by atoms with Gasteiger partial charge in [0.1, 0.15) is 0 Å². The van der Waals surface area contributed by atoms with E-state index in [9.17, 15) is 4.79 Å². The van der Waals surface area contributed by atoms with E-state index in [0.29, 0.717) is 25.7 Å². The highest BCUT2D eigenvalue weighted by Gasteiger charge is 2.29. The second kappa shape index (κ2) is 7.07. The van der Waals surface area contributed by atoms with E-state index in [1.807, 2.05) is 4.90 Å². The van der Waals surface area contributed by atoms with Gasteiger partial charge in [-0.2, -0.15) is 0 Å². The van der Waals surface area contributed by atoms with Gasteiger partial charge in [0.25, 0.3) is 0 Å². The van der Waals surface area contributed by atoms with Crippen molar-refractivity contribution >= 4 is 5.91 Å². The minimum atomic E-state index is 0.0707. The molecule has 0 aromatic rings. The summed E-state index contributed by atoms with van der Waals surface area (Å²) < 4.78 is 10.8. The Bertz CT molecular complexity index is 258. The number of rotatable bonds is 4. The van der Waals surface area contributed by atoms with Crippen molar-refractivity contribution in [2.75, 3.05) is 39.5 Å². The van der Waals surface area contributed by atoms with Crippen molar-refractivity contribution in [1.29, 1.82) is 0 Å². The Morgan fingerprint density at radius 1 is 1.22 bits per heavy atom. The van der Waals surface area contributed by atoms with Gasteiger partial charge in [0.05, 0.1) is 19.3 Å². The lowest BCUT2D eigenvalue weighted by atomic mass is 9.97. The number of aliphatic hydroxyl groups is 1. The SMILES string of the molecule is O=C(C1CCOCC1)N1CCC(OCCO)CC1. The van der Waals surface area contributed by atoms with E-state index in [1.165, 1.54) is 0 Å². The Labute approximate surface area is 108 Å². The normalized spacial score (nSPS) is 23.3. The molecule has 0 spiro atoms. The van der Waals surface area contributed by atoms with Gasteiger partial charge in [-0.3, -0.25) is 4.79 Å². The van der Waals surface area contributed by atoms with Crippen LogP contribution in [0.5, 0.6) is 0 Å². The maximum Gasteiger partial charge on any atom is 0.225 e. The summed E-state index contributed by atoms with van der Waals surface area (Å²) in [5.41, 5.74) is 0. The highest BCUT2D eigenvalue weighted by Crippen LogP contribution is 2.21. The van der Waals surface area contributed by atoms with Gasteiger partial charge in [-0.25, -0.2) is 0 Å². The molecule has 104 valence electrons.